The molecule has 0 radical (unpaired) electrons. The first kappa shape index (κ1) is 32.1. The highest BCUT2D eigenvalue weighted by Crippen LogP contribution is 2.26. The van der Waals surface area contributed by atoms with Crippen LogP contribution in [0.1, 0.15) is 77.6 Å². The molecule has 28 heavy (non-hydrogen) atoms. The van der Waals surface area contributed by atoms with Gasteiger partial charge >= 0.3 is 15.6 Å². The summed E-state index contributed by atoms with van der Waals surface area (Å²) in [5, 5.41) is 0. The van der Waals surface area contributed by atoms with Crippen LogP contribution in [0, 0.1) is 0 Å². The Labute approximate surface area is 169 Å². The molecule has 0 amide bonds. The van der Waals surface area contributed by atoms with E-state index in [1.807, 2.05) is 18.2 Å². The summed E-state index contributed by atoms with van der Waals surface area (Å²) in [5.74, 6) is 0. The molecule has 0 spiro atoms. The predicted molar refractivity (Wildman–Crippen MR) is 113 cm³/mol. The minimum Gasteiger partial charge on any atom is -0.303 e. The number of allylic oxidation sites excluding steroid dienone is 5. The fraction of sp³-hybridized carbons (Fsp3) is 0.667. The molecule has 0 saturated carbocycles. The van der Waals surface area contributed by atoms with Crippen LogP contribution in [0.4, 0.5) is 0 Å². The molecule has 6 N–H and O–H groups in total. The molecule has 0 fully saturated rings. The van der Waals surface area contributed by atoms with E-state index in [1.54, 1.807) is 0 Å². The molecule has 8 nitrogen and oxygen atoms in total. The molecule has 0 aliphatic heterocycles. The topological polar surface area (TPSA) is 156 Å². The molecule has 0 unspecified atom stereocenters. The van der Waals surface area contributed by atoms with E-state index in [0.29, 0.717) is 0 Å². The molecule has 0 aliphatic carbocycles. The Kier molecular flexibility index (Phi) is 26.1. The Morgan fingerprint density at radius 2 is 1.00 bits per heavy atom. The molecular formula is C18H38O8P2. The zero-order chi connectivity index (χ0) is 22.3. The van der Waals surface area contributed by atoms with Gasteiger partial charge in [-0.05, 0) is 12.8 Å². The molecule has 0 atom stereocenters. The summed E-state index contributed by atoms with van der Waals surface area (Å²) in [4.78, 5) is 43.1. The SMILES string of the molecule is C=CC=CC=CCCCCCCCCCCCC.O=P(O)(O)O.O=P(O)(O)O. The van der Waals surface area contributed by atoms with Gasteiger partial charge in [0.2, 0.25) is 0 Å². The van der Waals surface area contributed by atoms with Crippen LogP contribution in [0.25, 0.3) is 0 Å². The number of hydrogen-bond donors (Lipinski definition) is 6. The van der Waals surface area contributed by atoms with Gasteiger partial charge in [-0.25, -0.2) is 9.13 Å². The minimum absolute atomic E-state index is 1.22. The third kappa shape index (κ3) is 72.9. The second-order valence-corrected chi connectivity index (χ2v) is 8.10. The van der Waals surface area contributed by atoms with E-state index >= 15 is 0 Å². The Balaban J connectivity index is -0.000000512. The van der Waals surface area contributed by atoms with Crippen LogP contribution in [0.5, 0.6) is 0 Å². The van der Waals surface area contributed by atoms with E-state index in [-0.39, 0.29) is 0 Å². The molecule has 168 valence electrons. The van der Waals surface area contributed by atoms with Gasteiger partial charge in [0.25, 0.3) is 0 Å². The van der Waals surface area contributed by atoms with E-state index in [9.17, 15) is 0 Å². The van der Waals surface area contributed by atoms with Crippen molar-refractivity contribution >= 4 is 15.6 Å². The number of unbranched alkanes of at least 4 members (excludes halogenated alkanes) is 10. The Hall–Kier alpha value is -0.560. The van der Waals surface area contributed by atoms with Crippen molar-refractivity contribution in [3.63, 3.8) is 0 Å². The maximum atomic E-state index is 8.88. The van der Waals surface area contributed by atoms with Gasteiger partial charge in [0.1, 0.15) is 0 Å². The lowest BCUT2D eigenvalue weighted by molar-refractivity contribution is 0.272. The minimum atomic E-state index is -4.64. The van der Waals surface area contributed by atoms with Crippen molar-refractivity contribution in [3.05, 3.63) is 37.0 Å². The summed E-state index contributed by atoms with van der Waals surface area (Å²) in [6.07, 6.45) is 25.6. The quantitative estimate of drug-likeness (QED) is 0.135. The van der Waals surface area contributed by atoms with Gasteiger partial charge in [0.05, 0.1) is 0 Å². The Morgan fingerprint density at radius 3 is 1.36 bits per heavy atom. The molecular weight excluding hydrogens is 406 g/mol. The van der Waals surface area contributed by atoms with Gasteiger partial charge in [0, 0.05) is 0 Å². The Bertz CT molecular complexity index is 443. The van der Waals surface area contributed by atoms with Crippen LogP contribution in [-0.2, 0) is 9.13 Å². The molecule has 0 aromatic carbocycles. The molecule has 0 rings (SSSR count). The number of rotatable bonds is 13. The van der Waals surface area contributed by atoms with Gasteiger partial charge in [-0.2, -0.15) is 0 Å². The molecule has 0 saturated heterocycles. The molecule has 0 bridgehead atoms. The highest BCUT2D eigenvalue weighted by Gasteiger charge is 2.00. The van der Waals surface area contributed by atoms with Crippen molar-refractivity contribution in [1.82, 2.24) is 0 Å². The lowest BCUT2D eigenvalue weighted by Crippen LogP contribution is -1.81. The first-order valence-corrected chi connectivity index (χ1v) is 12.6. The summed E-state index contributed by atoms with van der Waals surface area (Å²) in [6, 6.07) is 0. The largest absolute Gasteiger partial charge is 0.466 e. The summed E-state index contributed by atoms with van der Waals surface area (Å²) in [5.41, 5.74) is 0. The van der Waals surface area contributed by atoms with Crippen LogP contribution in [0.15, 0.2) is 37.0 Å². The lowest BCUT2D eigenvalue weighted by atomic mass is 10.1. The zero-order valence-corrected chi connectivity index (χ0v) is 18.6. The standard InChI is InChI=1S/C18H32.2H3O4P/c1-3-5-7-9-11-13-15-17-18-16-14-12-10-8-6-4-2;2*1-5(2,3)4/h3,5,7,9,11H,1,4,6,8,10,12-18H2,2H3;2*(H3,1,2,3,4). The fourth-order valence-corrected chi connectivity index (χ4v) is 2.07. The number of phosphoric acid groups is 2. The number of hydrogen-bond acceptors (Lipinski definition) is 2. The van der Waals surface area contributed by atoms with Crippen LogP contribution < -0.4 is 0 Å². The van der Waals surface area contributed by atoms with Gasteiger partial charge in [-0.15, -0.1) is 0 Å². The van der Waals surface area contributed by atoms with Crippen LogP contribution in [-0.4, -0.2) is 29.4 Å². The van der Waals surface area contributed by atoms with Gasteiger partial charge < -0.3 is 29.4 Å². The lowest BCUT2D eigenvalue weighted by Gasteiger charge is -2.01. The molecule has 0 aromatic heterocycles. The van der Waals surface area contributed by atoms with Crippen molar-refractivity contribution in [1.29, 1.82) is 0 Å². The Morgan fingerprint density at radius 1 is 0.643 bits per heavy atom. The summed E-state index contributed by atoms with van der Waals surface area (Å²) >= 11 is 0. The van der Waals surface area contributed by atoms with Crippen molar-refractivity contribution in [3.8, 4) is 0 Å². The van der Waals surface area contributed by atoms with Crippen LogP contribution >= 0.6 is 15.6 Å². The first-order valence-electron chi connectivity index (χ1n) is 9.42. The van der Waals surface area contributed by atoms with E-state index < -0.39 is 15.6 Å². The van der Waals surface area contributed by atoms with Crippen molar-refractivity contribution in [2.75, 3.05) is 0 Å². The normalized spacial score (nSPS) is 11.7. The van der Waals surface area contributed by atoms with Crippen molar-refractivity contribution < 1.29 is 38.5 Å². The predicted octanol–water partition coefficient (Wildman–Crippen LogP) is 4.74. The average molecular weight is 444 g/mol. The van der Waals surface area contributed by atoms with E-state index in [0.717, 1.165) is 0 Å². The third-order valence-corrected chi connectivity index (χ3v) is 3.22. The van der Waals surface area contributed by atoms with E-state index in [2.05, 4.69) is 25.7 Å². The third-order valence-electron chi connectivity index (χ3n) is 3.22. The summed E-state index contributed by atoms with van der Waals surface area (Å²) in [7, 11) is -9.28. The highest BCUT2D eigenvalue weighted by atomic mass is 31.2. The monoisotopic (exact) mass is 444 g/mol. The fourth-order valence-electron chi connectivity index (χ4n) is 2.07. The second-order valence-electron chi connectivity index (χ2n) is 6.05. The average Bonchev–Trinajstić information content (AvgIpc) is 2.52. The van der Waals surface area contributed by atoms with E-state index in [4.69, 9.17) is 38.5 Å². The molecule has 10 heteroatoms. The first-order chi connectivity index (χ1) is 12.9. The molecule has 0 aromatic rings. The summed E-state index contributed by atoms with van der Waals surface area (Å²) in [6.45, 7) is 5.92. The highest BCUT2D eigenvalue weighted by molar-refractivity contribution is 7.45. The zero-order valence-electron chi connectivity index (χ0n) is 16.8. The summed E-state index contributed by atoms with van der Waals surface area (Å²) < 4.78 is 17.8. The molecule has 0 aliphatic rings. The van der Waals surface area contributed by atoms with Crippen LogP contribution in [0.3, 0.4) is 0 Å². The van der Waals surface area contributed by atoms with Gasteiger partial charge in [-0.3, -0.25) is 0 Å². The smallest absolute Gasteiger partial charge is 0.303 e. The van der Waals surface area contributed by atoms with Gasteiger partial charge in [0.15, 0.2) is 0 Å². The van der Waals surface area contributed by atoms with E-state index in [1.165, 1.54) is 70.6 Å². The van der Waals surface area contributed by atoms with Crippen molar-refractivity contribution in [2.24, 2.45) is 0 Å². The second kappa shape index (κ2) is 22.7. The maximum absolute atomic E-state index is 8.88. The van der Waals surface area contributed by atoms with Crippen molar-refractivity contribution in [2.45, 2.75) is 77.6 Å². The molecule has 0 heterocycles. The maximum Gasteiger partial charge on any atom is 0.466 e. The van der Waals surface area contributed by atoms with Gasteiger partial charge in [-0.1, -0.05) is 102 Å². The van der Waals surface area contributed by atoms with Crippen LogP contribution in [0.2, 0.25) is 0 Å².